The SMILES string of the molecule is O=C(C=C(C1CC1)C1CC1)N1CCC[C@](O)(c2cn[nH]n2)C1. The van der Waals surface area contributed by atoms with Gasteiger partial charge in [-0.1, -0.05) is 5.57 Å². The van der Waals surface area contributed by atoms with Crippen LogP contribution in [0.3, 0.4) is 0 Å². The molecule has 3 fully saturated rings. The maximum Gasteiger partial charge on any atom is 0.246 e. The zero-order valence-corrected chi connectivity index (χ0v) is 12.7. The Morgan fingerprint density at radius 1 is 1.36 bits per heavy atom. The fourth-order valence-electron chi connectivity index (χ4n) is 3.50. The molecule has 0 spiro atoms. The number of nitrogens with one attached hydrogen (secondary N) is 1. The van der Waals surface area contributed by atoms with Crippen molar-refractivity contribution >= 4 is 5.91 Å². The lowest BCUT2D eigenvalue weighted by Crippen LogP contribution is -2.48. The van der Waals surface area contributed by atoms with Crippen LogP contribution in [0.25, 0.3) is 0 Å². The van der Waals surface area contributed by atoms with E-state index < -0.39 is 5.60 Å². The lowest BCUT2D eigenvalue weighted by Gasteiger charge is -2.37. The Balaban J connectivity index is 1.50. The van der Waals surface area contributed by atoms with E-state index in [0.29, 0.717) is 37.0 Å². The van der Waals surface area contributed by atoms with Crippen LogP contribution >= 0.6 is 0 Å². The maximum atomic E-state index is 12.6. The van der Waals surface area contributed by atoms with Gasteiger partial charge in [-0.25, -0.2) is 0 Å². The van der Waals surface area contributed by atoms with E-state index in [2.05, 4.69) is 15.4 Å². The highest BCUT2D eigenvalue weighted by molar-refractivity contribution is 5.88. The average Bonchev–Trinajstić information content (AvgIpc) is 3.44. The summed E-state index contributed by atoms with van der Waals surface area (Å²) in [6.07, 6.45) is 9.75. The standard InChI is InChI=1S/C16H22N4O2/c21-15(8-13(11-2-3-11)12-4-5-12)20-7-1-6-16(22,10-20)14-9-17-19-18-14/h8-9,11-12,22H,1-7,10H2,(H,17,18,19)/t16-/m1/s1. The van der Waals surface area contributed by atoms with E-state index in [1.807, 2.05) is 6.08 Å². The summed E-state index contributed by atoms with van der Waals surface area (Å²) in [5.74, 6) is 1.35. The molecule has 2 saturated carbocycles. The Bertz CT molecular complexity index is 575. The summed E-state index contributed by atoms with van der Waals surface area (Å²) in [7, 11) is 0. The first kappa shape index (κ1) is 13.9. The molecule has 1 aromatic heterocycles. The van der Waals surface area contributed by atoms with E-state index >= 15 is 0 Å². The summed E-state index contributed by atoms with van der Waals surface area (Å²) in [5.41, 5.74) is 0.813. The minimum Gasteiger partial charge on any atom is -0.382 e. The van der Waals surface area contributed by atoms with Gasteiger partial charge in [0.25, 0.3) is 0 Å². The normalized spacial score (nSPS) is 28.5. The number of likely N-dealkylation sites (tertiary alicyclic amines) is 1. The van der Waals surface area contributed by atoms with Crippen LogP contribution in [0.15, 0.2) is 17.8 Å². The number of H-pyrrole nitrogens is 1. The van der Waals surface area contributed by atoms with Crippen molar-refractivity contribution < 1.29 is 9.90 Å². The van der Waals surface area contributed by atoms with Crippen molar-refractivity contribution in [2.75, 3.05) is 13.1 Å². The van der Waals surface area contributed by atoms with Crippen LogP contribution < -0.4 is 0 Å². The van der Waals surface area contributed by atoms with Gasteiger partial charge in [0.15, 0.2) is 0 Å². The summed E-state index contributed by atoms with van der Waals surface area (Å²) in [6, 6.07) is 0. The van der Waals surface area contributed by atoms with Crippen molar-refractivity contribution in [2.24, 2.45) is 11.8 Å². The Morgan fingerprint density at radius 3 is 2.68 bits per heavy atom. The van der Waals surface area contributed by atoms with Gasteiger partial charge in [0.1, 0.15) is 11.3 Å². The molecule has 1 amide bonds. The number of amides is 1. The van der Waals surface area contributed by atoms with Gasteiger partial charge in [0, 0.05) is 12.6 Å². The quantitative estimate of drug-likeness (QED) is 0.823. The predicted molar refractivity (Wildman–Crippen MR) is 79.6 cm³/mol. The second-order valence-electron chi connectivity index (χ2n) is 6.94. The van der Waals surface area contributed by atoms with E-state index in [1.165, 1.54) is 31.3 Å². The van der Waals surface area contributed by atoms with Crippen LogP contribution in [0.4, 0.5) is 0 Å². The van der Waals surface area contributed by atoms with Crippen LogP contribution in [0.1, 0.15) is 44.2 Å². The molecule has 6 heteroatoms. The van der Waals surface area contributed by atoms with Crippen LogP contribution in [0, 0.1) is 11.8 Å². The van der Waals surface area contributed by atoms with Gasteiger partial charge in [-0.15, -0.1) is 0 Å². The minimum atomic E-state index is -1.08. The lowest BCUT2D eigenvalue weighted by molar-refractivity contribution is -0.134. The van der Waals surface area contributed by atoms with E-state index in [0.717, 1.165) is 6.42 Å². The molecule has 2 heterocycles. The molecule has 1 saturated heterocycles. The highest BCUT2D eigenvalue weighted by atomic mass is 16.3. The number of β-amino-alcohol motifs (C(OH)–C–C–N with tert-alkyl or cyclic N) is 1. The molecule has 118 valence electrons. The lowest BCUT2D eigenvalue weighted by atomic mass is 9.90. The molecule has 0 bridgehead atoms. The number of aromatic amines is 1. The molecule has 0 radical (unpaired) electrons. The number of nitrogens with zero attached hydrogens (tertiary/aromatic N) is 3. The van der Waals surface area contributed by atoms with Crippen molar-refractivity contribution in [3.8, 4) is 0 Å². The van der Waals surface area contributed by atoms with E-state index in [4.69, 9.17) is 0 Å². The Labute approximate surface area is 129 Å². The molecular weight excluding hydrogens is 280 g/mol. The van der Waals surface area contributed by atoms with Gasteiger partial charge in [0.2, 0.25) is 5.91 Å². The monoisotopic (exact) mass is 302 g/mol. The molecule has 1 aromatic rings. The van der Waals surface area contributed by atoms with Gasteiger partial charge in [-0.05, 0) is 50.4 Å². The predicted octanol–water partition coefficient (Wildman–Crippen LogP) is 1.36. The third-order valence-corrected chi connectivity index (χ3v) is 5.06. The molecule has 2 N–H and O–H groups in total. The molecule has 3 aliphatic rings. The molecule has 22 heavy (non-hydrogen) atoms. The molecule has 4 rings (SSSR count). The third kappa shape index (κ3) is 2.67. The minimum absolute atomic E-state index is 0.0513. The fourth-order valence-corrected chi connectivity index (χ4v) is 3.50. The van der Waals surface area contributed by atoms with Gasteiger partial charge in [-0.3, -0.25) is 4.79 Å². The van der Waals surface area contributed by atoms with Gasteiger partial charge < -0.3 is 10.0 Å². The van der Waals surface area contributed by atoms with Crippen LogP contribution in [-0.2, 0) is 10.4 Å². The maximum absolute atomic E-state index is 12.6. The number of carbonyl (C=O) groups excluding carboxylic acids is 1. The van der Waals surface area contributed by atoms with Gasteiger partial charge in [-0.2, -0.15) is 15.4 Å². The number of aliphatic hydroxyl groups is 1. The van der Waals surface area contributed by atoms with E-state index in [-0.39, 0.29) is 5.91 Å². The molecule has 1 atom stereocenters. The highest BCUT2D eigenvalue weighted by Crippen LogP contribution is 2.48. The Kier molecular flexibility index (Phi) is 3.29. The number of piperidine rings is 1. The number of rotatable bonds is 4. The smallest absolute Gasteiger partial charge is 0.246 e. The average molecular weight is 302 g/mol. The summed E-state index contributed by atoms with van der Waals surface area (Å²) < 4.78 is 0. The molecular formula is C16H22N4O2. The van der Waals surface area contributed by atoms with E-state index in [1.54, 1.807) is 11.1 Å². The summed E-state index contributed by atoms with van der Waals surface area (Å²) >= 11 is 0. The first-order valence-corrected chi connectivity index (χ1v) is 8.25. The molecule has 0 aromatic carbocycles. The van der Waals surface area contributed by atoms with Crippen molar-refractivity contribution in [2.45, 2.75) is 44.1 Å². The first-order chi connectivity index (χ1) is 10.7. The zero-order chi connectivity index (χ0) is 15.2. The largest absolute Gasteiger partial charge is 0.382 e. The number of aromatic nitrogens is 3. The summed E-state index contributed by atoms with van der Waals surface area (Å²) in [5, 5.41) is 21.1. The van der Waals surface area contributed by atoms with Gasteiger partial charge in [0.05, 0.1) is 12.7 Å². The molecule has 2 aliphatic carbocycles. The number of carbonyl (C=O) groups is 1. The Hall–Kier alpha value is -1.69. The molecule has 6 nitrogen and oxygen atoms in total. The van der Waals surface area contributed by atoms with Crippen LogP contribution in [0.2, 0.25) is 0 Å². The Morgan fingerprint density at radius 2 is 2.09 bits per heavy atom. The third-order valence-electron chi connectivity index (χ3n) is 5.06. The number of hydrogen-bond acceptors (Lipinski definition) is 4. The van der Waals surface area contributed by atoms with E-state index in [9.17, 15) is 9.90 Å². The topological polar surface area (TPSA) is 82.1 Å². The molecule has 1 aliphatic heterocycles. The van der Waals surface area contributed by atoms with Crippen LogP contribution in [-0.4, -0.2) is 44.4 Å². The second kappa shape index (κ2) is 5.19. The fraction of sp³-hybridized carbons (Fsp3) is 0.688. The summed E-state index contributed by atoms with van der Waals surface area (Å²) in [6.45, 7) is 1.01. The van der Waals surface area contributed by atoms with Crippen molar-refractivity contribution in [1.82, 2.24) is 20.3 Å². The number of allylic oxidation sites excluding steroid dienone is 1. The van der Waals surface area contributed by atoms with Gasteiger partial charge >= 0.3 is 0 Å². The van der Waals surface area contributed by atoms with Crippen molar-refractivity contribution in [1.29, 1.82) is 0 Å². The second-order valence-corrected chi connectivity index (χ2v) is 6.94. The zero-order valence-electron chi connectivity index (χ0n) is 12.7. The molecule has 0 unspecified atom stereocenters. The summed E-state index contributed by atoms with van der Waals surface area (Å²) in [4.78, 5) is 14.4. The highest BCUT2D eigenvalue weighted by Gasteiger charge is 2.40. The van der Waals surface area contributed by atoms with Crippen LogP contribution in [0.5, 0.6) is 0 Å². The number of hydrogen-bond donors (Lipinski definition) is 2. The first-order valence-electron chi connectivity index (χ1n) is 8.25. The van der Waals surface area contributed by atoms with Crippen molar-refractivity contribution in [3.63, 3.8) is 0 Å². The van der Waals surface area contributed by atoms with Crippen molar-refractivity contribution in [3.05, 3.63) is 23.5 Å².